The number of aromatic nitrogens is 1. The molecule has 0 saturated heterocycles. The molecule has 1 N–H and O–H groups in total. The number of amides is 1. The molecule has 0 radical (unpaired) electrons. The lowest BCUT2D eigenvalue weighted by Gasteiger charge is -2.10. The SMILES string of the molecule is O=C(COC(=O)c1cc(Cl)nc2ccccc12)Nc1c(Cl)cccc1Cl. The van der Waals surface area contributed by atoms with Gasteiger partial charge in [0.25, 0.3) is 5.91 Å². The normalized spacial score (nSPS) is 10.6. The van der Waals surface area contributed by atoms with Crippen LogP contribution in [0.5, 0.6) is 0 Å². The fraction of sp³-hybridized carbons (Fsp3) is 0.0556. The van der Waals surface area contributed by atoms with E-state index in [0.717, 1.165) is 0 Å². The highest BCUT2D eigenvalue weighted by Gasteiger charge is 2.16. The molecule has 0 aliphatic carbocycles. The summed E-state index contributed by atoms with van der Waals surface area (Å²) in [6.45, 7) is -0.505. The maximum absolute atomic E-state index is 12.4. The topological polar surface area (TPSA) is 68.3 Å². The molecule has 132 valence electrons. The van der Waals surface area contributed by atoms with E-state index in [1.807, 2.05) is 0 Å². The quantitative estimate of drug-likeness (QED) is 0.487. The number of carbonyl (C=O) groups is 2. The lowest BCUT2D eigenvalue weighted by atomic mass is 10.1. The third-order valence-corrected chi connectivity index (χ3v) is 4.29. The summed E-state index contributed by atoms with van der Waals surface area (Å²) in [5.41, 5.74) is 1.04. The Labute approximate surface area is 163 Å². The molecule has 0 aliphatic rings. The molecule has 1 aromatic heterocycles. The number of hydrogen-bond donors (Lipinski definition) is 1. The summed E-state index contributed by atoms with van der Waals surface area (Å²) in [6.07, 6.45) is 0. The summed E-state index contributed by atoms with van der Waals surface area (Å²) in [7, 11) is 0. The smallest absolute Gasteiger partial charge is 0.339 e. The van der Waals surface area contributed by atoms with Crippen molar-refractivity contribution in [3.63, 3.8) is 0 Å². The molecule has 5 nitrogen and oxygen atoms in total. The van der Waals surface area contributed by atoms with Gasteiger partial charge < -0.3 is 10.1 Å². The van der Waals surface area contributed by atoms with E-state index in [0.29, 0.717) is 10.9 Å². The highest BCUT2D eigenvalue weighted by molar-refractivity contribution is 6.39. The van der Waals surface area contributed by atoms with Crippen LogP contribution in [0.1, 0.15) is 10.4 Å². The molecule has 0 atom stereocenters. The van der Waals surface area contributed by atoms with Crippen LogP contribution in [0.3, 0.4) is 0 Å². The summed E-state index contributed by atoms with van der Waals surface area (Å²) in [6, 6.07) is 13.2. The molecule has 0 bridgehead atoms. The molecule has 26 heavy (non-hydrogen) atoms. The third-order valence-electron chi connectivity index (χ3n) is 3.47. The summed E-state index contributed by atoms with van der Waals surface area (Å²) in [5.74, 6) is -1.26. The van der Waals surface area contributed by atoms with Crippen LogP contribution in [0.15, 0.2) is 48.5 Å². The average molecular weight is 410 g/mol. The molecular formula is C18H11Cl3N2O3. The first-order valence-corrected chi connectivity index (χ1v) is 8.55. The van der Waals surface area contributed by atoms with Crippen molar-refractivity contribution < 1.29 is 14.3 Å². The Morgan fingerprint density at radius 1 is 1.00 bits per heavy atom. The lowest BCUT2D eigenvalue weighted by Crippen LogP contribution is -2.21. The fourth-order valence-electron chi connectivity index (χ4n) is 2.31. The molecule has 0 spiro atoms. The molecule has 1 heterocycles. The molecule has 0 aliphatic heterocycles. The van der Waals surface area contributed by atoms with Gasteiger partial charge in [-0.1, -0.05) is 59.1 Å². The Morgan fingerprint density at radius 2 is 1.69 bits per heavy atom. The number of benzene rings is 2. The minimum absolute atomic E-state index is 0.156. The first-order valence-electron chi connectivity index (χ1n) is 7.42. The van der Waals surface area contributed by atoms with Crippen LogP contribution in [-0.2, 0) is 9.53 Å². The van der Waals surface area contributed by atoms with E-state index >= 15 is 0 Å². The maximum atomic E-state index is 12.4. The second kappa shape index (κ2) is 7.91. The zero-order valence-electron chi connectivity index (χ0n) is 13.1. The largest absolute Gasteiger partial charge is 0.452 e. The van der Waals surface area contributed by atoms with Crippen molar-refractivity contribution in [1.82, 2.24) is 4.98 Å². The Morgan fingerprint density at radius 3 is 2.42 bits per heavy atom. The van der Waals surface area contributed by atoms with Gasteiger partial charge in [0.2, 0.25) is 0 Å². The number of pyridine rings is 1. The number of fused-ring (bicyclic) bond motifs is 1. The van der Waals surface area contributed by atoms with Gasteiger partial charge in [-0.3, -0.25) is 4.79 Å². The molecule has 0 unspecified atom stereocenters. The number of ether oxygens (including phenoxy) is 1. The number of esters is 1. The maximum Gasteiger partial charge on any atom is 0.339 e. The van der Waals surface area contributed by atoms with E-state index in [4.69, 9.17) is 39.5 Å². The Bertz CT molecular complexity index is 988. The fourth-order valence-corrected chi connectivity index (χ4v) is 3.01. The highest BCUT2D eigenvalue weighted by Crippen LogP contribution is 2.29. The van der Waals surface area contributed by atoms with Crippen molar-refractivity contribution >= 4 is 63.3 Å². The van der Waals surface area contributed by atoms with E-state index < -0.39 is 18.5 Å². The van der Waals surface area contributed by atoms with E-state index in [1.165, 1.54) is 6.07 Å². The van der Waals surface area contributed by atoms with Gasteiger partial charge in [0.05, 0.1) is 26.8 Å². The van der Waals surface area contributed by atoms with Crippen LogP contribution in [0.25, 0.3) is 10.9 Å². The monoisotopic (exact) mass is 408 g/mol. The lowest BCUT2D eigenvalue weighted by molar-refractivity contribution is -0.119. The van der Waals surface area contributed by atoms with Crippen molar-refractivity contribution in [3.05, 3.63) is 69.3 Å². The van der Waals surface area contributed by atoms with Gasteiger partial charge in [0.1, 0.15) is 5.15 Å². The summed E-state index contributed by atoms with van der Waals surface area (Å²) in [5, 5.41) is 3.81. The van der Waals surface area contributed by atoms with Crippen LogP contribution in [0.4, 0.5) is 5.69 Å². The Balaban J connectivity index is 1.72. The zero-order chi connectivity index (χ0) is 18.7. The number of nitrogens with one attached hydrogen (secondary N) is 1. The molecule has 2 aromatic carbocycles. The van der Waals surface area contributed by atoms with Gasteiger partial charge in [0, 0.05) is 5.39 Å². The predicted octanol–water partition coefficient (Wildman–Crippen LogP) is 4.99. The molecule has 0 fully saturated rings. The van der Waals surface area contributed by atoms with Crippen LogP contribution in [-0.4, -0.2) is 23.5 Å². The highest BCUT2D eigenvalue weighted by atomic mass is 35.5. The Kier molecular flexibility index (Phi) is 5.61. The summed E-state index contributed by atoms with van der Waals surface area (Å²) >= 11 is 17.9. The standard InChI is InChI=1S/C18H11Cl3N2O3/c19-12-5-3-6-13(20)17(12)23-16(24)9-26-18(25)11-8-15(21)22-14-7-2-1-4-10(11)14/h1-8H,9H2,(H,23,24). The second-order valence-corrected chi connectivity index (χ2v) is 6.43. The van der Waals surface area contributed by atoms with Gasteiger partial charge in [-0.2, -0.15) is 0 Å². The Hall–Kier alpha value is -2.34. The van der Waals surface area contributed by atoms with E-state index in [9.17, 15) is 9.59 Å². The van der Waals surface area contributed by atoms with Gasteiger partial charge >= 0.3 is 5.97 Å². The van der Waals surface area contributed by atoms with Gasteiger partial charge in [-0.25, -0.2) is 9.78 Å². The number of halogens is 3. The van der Waals surface area contributed by atoms with E-state index in [-0.39, 0.29) is 26.4 Å². The van der Waals surface area contributed by atoms with Crippen molar-refractivity contribution in [1.29, 1.82) is 0 Å². The second-order valence-electron chi connectivity index (χ2n) is 5.23. The van der Waals surface area contributed by atoms with Crippen molar-refractivity contribution in [2.24, 2.45) is 0 Å². The minimum Gasteiger partial charge on any atom is -0.452 e. The van der Waals surface area contributed by atoms with Crippen LogP contribution < -0.4 is 5.32 Å². The van der Waals surface area contributed by atoms with Crippen molar-refractivity contribution in [2.45, 2.75) is 0 Å². The van der Waals surface area contributed by atoms with Crippen molar-refractivity contribution in [3.8, 4) is 0 Å². The molecule has 1 amide bonds. The first-order chi connectivity index (χ1) is 12.5. The van der Waals surface area contributed by atoms with Gasteiger partial charge in [-0.15, -0.1) is 0 Å². The first kappa shape index (κ1) is 18.5. The molecule has 8 heteroatoms. The number of anilines is 1. The van der Waals surface area contributed by atoms with Crippen molar-refractivity contribution in [2.75, 3.05) is 11.9 Å². The van der Waals surface area contributed by atoms with Gasteiger partial charge in [0.15, 0.2) is 6.61 Å². The third kappa shape index (κ3) is 4.07. The summed E-state index contributed by atoms with van der Waals surface area (Å²) in [4.78, 5) is 28.5. The number of hydrogen-bond acceptors (Lipinski definition) is 4. The average Bonchev–Trinajstić information content (AvgIpc) is 2.62. The van der Waals surface area contributed by atoms with Gasteiger partial charge in [-0.05, 0) is 24.3 Å². The predicted molar refractivity (Wildman–Crippen MR) is 102 cm³/mol. The number of nitrogens with zero attached hydrogens (tertiary/aromatic N) is 1. The van der Waals surface area contributed by atoms with Crippen LogP contribution in [0.2, 0.25) is 15.2 Å². The molecular weight excluding hydrogens is 399 g/mol. The molecule has 3 aromatic rings. The molecule has 3 rings (SSSR count). The molecule has 0 saturated carbocycles. The minimum atomic E-state index is -0.689. The van der Waals surface area contributed by atoms with Crippen LogP contribution in [0, 0.1) is 0 Å². The number of para-hydroxylation sites is 2. The van der Waals surface area contributed by atoms with E-state index in [2.05, 4.69) is 10.3 Å². The summed E-state index contributed by atoms with van der Waals surface area (Å²) < 4.78 is 5.08. The van der Waals surface area contributed by atoms with Crippen LogP contribution >= 0.6 is 34.8 Å². The zero-order valence-corrected chi connectivity index (χ0v) is 15.4. The number of carbonyl (C=O) groups excluding carboxylic acids is 2. The van der Waals surface area contributed by atoms with E-state index in [1.54, 1.807) is 42.5 Å². The number of rotatable bonds is 4.